The molecule has 7 nitrogen and oxygen atoms in total. The number of alkyl halides is 3. The van der Waals surface area contributed by atoms with Crippen molar-refractivity contribution in [3.8, 4) is 11.4 Å². The standard InChI is InChI=1S/C18H13F3N6O/c1-10-4-2-7-13-15(10)22-14(23-17(13)28)9-27-25-16(24-26-27)11-5-3-6-12(8-11)18(19,20)21/h2-8H,9H2,1H3,(H,22,23,28). The first kappa shape index (κ1) is 17.8. The fraction of sp³-hybridized carbons (Fsp3) is 0.167. The van der Waals surface area contributed by atoms with Crippen LogP contribution in [-0.2, 0) is 12.7 Å². The van der Waals surface area contributed by atoms with Gasteiger partial charge in [-0.25, -0.2) is 4.98 Å². The molecule has 0 bridgehead atoms. The van der Waals surface area contributed by atoms with Crippen molar-refractivity contribution in [3.05, 3.63) is 69.8 Å². The van der Waals surface area contributed by atoms with Crippen LogP contribution in [0.3, 0.4) is 0 Å². The van der Waals surface area contributed by atoms with Gasteiger partial charge in [-0.15, -0.1) is 10.2 Å². The highest BCUT2D eigenvalue weighted by Crippen LogP contribution is 2.31. The lowest BCUT2D eigenvalue weighted by Crippen LogP contribution is -2.16. The van der Waals surface area contributed by atoms with Crippen LogP contribution in [0.25, 0.3) is 22.3 Å². The highest BCUT2D eigenvalue weighted by atomic mass is 19.4. The third-order valence-electron chi connectivity index (χ3n) is 4.18. The Kier molecular flexibility index (Phi) is 4.17. The van der Waals surface area contributed by atoms with Crippen LogP contribution < -0.4 is 5.56 Å². The first-order valence-electron chi connectivity index (χ1n) is 8.25. The molecule has 0 spiro atoms. The average molecular weight is 386 g/mol. The van der Waals surface area contributed by atoms with Crippen LogP contribution in [0.2, 0.25) is 0 Å². The van der Waals surface area contributed by atoms with E-state index >= 15 is 0 Å². The van der Waals surface area contributed by atoms with Crippen molar-refractivity contribution in [2.45, 2.75) is 19.6 Å². The number of rotatable bonds is 3. The van der Waals surface area contributed by atoms with Gasteiger partial charge in [-0.2, -0.15) is 18.0 Å². The maximum atomic E-state index is 12.9. The maximum absolute atomic E-state index is 12.9. The summed E-state index contributed by atoms with van der Waals surface area (Å²) in [6, 6.07) is 9.98. The van der Waals surface area contributed by atoms with Gasteiger partial charge in [0, 0.05) is 5.56 Å². The number of aryl methyl sites for hydroxylation is 1. The van der Waals surface area contributed by atoms with E-state index in [0.717, 1.165) is 22.5 Å². The zero-order valence-corrected chi connectivity index (χ0v) is 14.5. The van der Waals surface area contributed by atoms with E-state index in [1.165, 1.54) is 12.1 Å². The van der Waals surface area contributed by atoms with Gasteiger partial charge in [-0.05, 0) is 35.9 Å². The minimum absolute atomic E-state index is 0.0193. The summed E-state index contributed by atoms with van der Waals surface area (Å²) in [6.07, 6.45) is -4.46. The molecule has 0 amide bonds. The fourth-order valence-corrected chi connectivity index (χ4v) is 2.82. The molecule has 0 saturated carbocycles. The van der Waals surface area contributed by atoms with Crippen LogP contribution in [-0.4, -0.2) is 30.2 Å². The van der Waals surface area contributed by atoms with Gasteiger partial charge in [-0.1, -0.05) is 24.3 Å². The second kappa shape index (κ2) is 6.55. The molecule has 0 saturated heterocycles. The van der Waals surface area contributed by atoms with Crippen LogP contribution >= 0.6 is 0 Å². The first-order valence-corrected chi connectivity index (χ1v) is 8.25. The van der Waals surface area contributed by atoms with Crippen molar-refractivity contribution in [1.29, 1.82) is 0 Å². The lowest BCUT2D eigenvalue weighted by molar-refractivity contribution is -0.137. The normalized spacial score (nSPS) is 11.9. The lowest BCUT2D eigenvalue weighted by Gasteiger charge is -2.06. The number of nitrogens with zero attached hydrogens (tertiary/aromatic N) is 5. The van der Waals surface area contributed by atoms with Gasteiger partial charge in [0.2, 0.25) is 5.82 Å². The predicted molar refractivity (Wildman–Crippen MR) is 94.5 cm³/mol. The summed E-state index contributed by atoms with van der Waals surface area (Å²) in [5.41, 5.74) is 0.525. The molecule has 142 valence electrons. The van der Waals surface area contributed by atoms with Gasteiger partial charge < -0.3 is 4.98 Å². The van der Waals surface area contributed by atoms with Crippen molar-refractivity contribution in [1.82, 2.24) is 30.2 Å². The number of benzene rings is 2. The molecule has 0 atom stereocenters. The third kappa shape index (κ3) is 3.36. The minimum Gasteiger partial charge on any atom is -0.308 e. The number of aromatic amines is 1. The summed E-state index contributed by atoms with van der Waals surface area (Å²) in [5, 5.41) is 12.2. The molecule has 0 unspecified atom stereocenters. The monoisotopic (exact) mass is 386 g/mol. The Morgan fingerprint density at radius 2 is 1.93 bits per heavy atom. The Bertz CT molecular complexity index is 1230. The molecule has 0 aliphatic carbocycles. The number of para-hydroxylation sites is 1. The predicted octanol–water partition coefficient (Wildman–Crippen LogP) is 2.95. The van der Waals surface area contributed by atoms with Crippen LogP contribution in [0.15, 0.2) is 47.3 Å². The van der Waals surface area contributed by atoms with Crippen molar-refractivity contribution < 1.29 is 13.2 Å². The highest BCUT2D eigenvalue weighted by Gasteiger charge is 2.30. The number of H-pyrrole nitrogens is 1. The summed E-state index contributed by atoms with van der Waals surface area (Å²) < 4.78 is 38.6. The number of nitrogens with one attached hydrogen (secondary N) is 1. The number of tetrazole rings is 1. The lowest BCUT2D eigenvalue weighted by atomic mass is 10.1. The van der Waals surface area contributed by atoms with E-state index in [1.54, 1.807) is 12.1 Å². The van der Waals surface area contributed by atoms with Crippen molar-refractivity contribution in [2.75, 3.05) is 0 Å². The number of hydrogen-bond donors (Lipinski definition) is 1. The number of hydrogen-bond acceptors (Lipinski definition) is 5. The van der Waals surface area contributed by atoms with Gasteiger partial charge in [0.15, 0.2) is 0 Å². The van der Waals surface area contributed by atoms with E-state index in [-0.39, 0.29) is 23.5 Å². The smallest absolute Gasteiger partial charge is 0.308 e. The Morgan fingerprint density at radius 3 is 2.71 bits per heavy atom. The van der Waals surface area contributed by atoms with Crippen LogP contribution in [0.1, 0.15) is 17.0 Å². The van der Waals surface area contributed by atoms with Gasteiger partial charge in [0.1, 0.15) is 12.4 Å². The van der Waals surface area contributed by atoms with Crippen molar-refractivity contribution >= 4 is 10.9 Å². The summed E-state index contributed by atoms with van der Waals surface area (Å²) in [6.45, 7) is 1.86. The van der Waals surface area contributed by atoms with Gasteiger partial charge in [0.05, 0.1) is 16.5 Å². The Morgan fingerprint density at radius 1 is 1.14 bits per heavy atom. The van der Waals surface area contributed by atoms with Crippen molar-refractivity contribution in [3.63, 3.8) is 0 Å². The Labute approximate surface area is 155 Å². The van der Waals surface area contributed by atoms with Crippen molar-refractivity contribution in [2.24, 2.45) is 0 Å². The summed E-state index contributed by atoms with van der Waals surface area (Å²) in [7, 11) is 0. The number of aromatic nitrogens is 6. The highest BCUT2D eigenvalue weighted by molar-refractivity contribution is 5.80. The maximum Gasteiger partial charge on any atom is 0.416 e. The topological polar surface area (TPSA) is 89.4 Å². The van der Waals surface area contributed by atoms with Crippen LogP contribution in [0.5, 0.6) is 0 Å². The molecule has 2 aromatic carbocycles. The average Bonchev–Trinajstić information content (AvgIpc) is 3.11. The van der Waals surface area contributed by atoms with E-state index in [9.17, 15) is 18.0 Å². The second-order valence-corrected chi connectivity index (χ2v) is 6.21. The molecule has 10 heteroatoms. The Balaban J connectivity index is 1.65. The van der Waals surface area contributed by atoms with Crippen LogP contribution in [0.4, 0.5) is 13.2 Å². The second-order valence-electron chi connectivity index (χ2n) is 6.21. The molecule has 28 heavy (non-hydrogen) atoms. The molecular weight excluding hydrogens is 373 g/mol. The van der Waals surface area contributed by atoms with Gasteiger partial charge in [0.25, 0.3) is 5.56 Å². The third-order valence-corrected chi connectivity index (χ3v) is 4.18. The van der Waals surface area contributed by atoms with E-state index in [0.29, 0.717) is 16.7 Å². The zero-order chi connectivity index (χ0) is 19.9. The molecular formula is C18H13F3N6O. The number of halogens is 3. The molecule has 0 fully saturated rings. The zero-order valence-electron chi connectivity index (χ0n) is 14.5. The molecule has 0 radical (unpaired) electrons. The first-order chi connectivity index (χ1) is 13.3. The summed E-state index contributed by atoms with van der Waals surface area (Å²) in [4.78, 5) is 20.5. The van der Waals surface area contributed by atoms with E-state index in [2.05, 4.69) is 25.4 Å². The fourth-order valence-electron chi connectivity index (χ4n) is 2.82. The molecule has 1 N–H and O–H groups in total. The van der Waals surface area contributed by atoms with Gasteiger partial charge >= 0.3 is 6.18 Å². The molecule has 2 heterocycles. The van der Waals surface area contributed by atoms with Crippen LogP contribution in [0, 0.1) is 6.92 Å². The SMILES string of the molecule is Cc1cccc2c(=O)[nH]c(Cn3nnc(-c4cccc(C(F)(F)F)c4)n3)nc12. The Hall–Kier alpha value is -3.56. The van der Waals surface area contributed by atoms with E-state index in [1.807, 2.05) is 13.0 Å². The van der Waals surface area contributed by atoms with Gasteiger partial charge in [-0.3, -0.25) is 4.79 Å². The quantitative estimate of drug-likeness (QED) is 0.585. The number of fused-ring (bicyclic) bond motifs is 1. The molecule has 4 rings (SSSR count). The largest absolute Gasteiger partial charge is 0.416 e. The van der Waals surface area contributed by atoms with E-state index in [4.69, 9.17) is 0 Å². The van der Waals surface area contributed by atoms with E-state index < -0.39 is 11.7 Å². The molecule has 0 aliphatic heterocycles. The minimum atomic E-state index is -4.46. The summed E-state index contributed by atoms with van der Waals surface area (Å²) in [5.74, 6) is 0.366. The molecule has 4 aromatic rings. The summed E-state index contributed by atoms with van der Waals surface area (Å²) >= 11 is 0. The molecule has 0 aliphatic rings. The molecule has 2 aromatic heterocycles.